The molecule has 3 rings (SSSR count). The standard InChI is InChI=1S/C24H24N2OS/c1-24(2,3)19-14-12-18(13-15-19)22(27)21(26-16-8-5-9-17-26)23(28)25-20-10-6-4-7-11-20/h4-17H,1-3H3,(H-,25,27,28). The van der Waals surface area contributed by atoms with E-state index >= 15 is 0 Å². The van der Waals surface area contributed by atoms with E-state index in [1.807, 2.05) is 85.2 Å². The minimum atomic E-state index is -0.120. The molecule has 3 aromatic rings. The Morgan fingerprint density at radius 2 is 1.43 bits per heavy atom. The molecule has 2 aromatic carbocycles. The van der Waals surface area contributed by atoms with Crippen molar-refractivity contribution in [2.24, 2.45) is 0 Å². The number of rotatable bonds is 4. The third-order valence-electron chi connectivity index (χ3n) is 4.45. The topological polar surface area (TPSA) is 39.0 Å². The average molecular weight is 389 g/mol. The zero-order valence-corrected chi connectivity index (χ0v) is 17.2. The number of anilines is 1. The highest BCUT2D eigenvalue weighted by molar-refractivity contribution is 7.81. The van der Waals surface area contributed by atoms with Crippen LogP contribution in [0.25, 0.3) is 11.5 Å². The summed E-state index contributed by atoms with van der Waals surface area (Å²) < 4.78 is 1.76. The van der Waals surface area contributed by atoms with Crippen LogP contribution in [0, 0.1) is 0 Å². The van der Waals surface area contributed by atoms with E-state index in [1.54, 1.807) is 4.57 Å². The Morgan fingerprint density at radius 1 is 0.857 bits per heavy atom. The molecule has 4 heteroatoms. The van der Waals surface area contributed by atoms with Crippen molar-refractivity contribution in [3.05, 3.63) is 96.3 Å². The molecule has 0 atom stereocenters. The molecule has 0 saturated heterocycles. The minimum Gasteiger partial charge on any atom is -0.867 e. The monoisotopic (exact) mass is 388 g/mol. The molecule has 1 heterocycles. The van der Waals surface area contributed by atoms with Gasteiger partial charge in [0.05, 0.1) is 0 Å². The van der Waals surface area contributed by atoms with Gasteiger partial charge in [-0.1, -0.05) is 81.5 Å². The van der Waals surface area contributed by atoms with Crippen molar-refractivity contribution >= 4 is 34.3 Å². The van der Waals surface area contributed by atoms with Crippen LogP contribution in [0.5, 0.6) is 0 Å². The summed E-state index contributed by atoms with van der Waals surface area (Å²) in [6.45, 7) is 6.46. The summed E-state index contributed by atoms with van der Waals surface area (Å²) in [7, 11) is 0. The number of hydrogen-bond acceptors (Lipinski definition) is 2. The van der Waals surface area contributed by atoms with Gasteiger partial charge < -0.3 is 10.4 Å². The average Bonchev–Trinajstić information content (AvgIpc) is 2.69. The lowest BCUT2D eigenvalue weighted by Gasteiger charge is -2.21. The second kappa shape index (κ2) is 8.36. The molecule has 0 aliphatic carbocycles. The van der Waals surface area contributed by atoms with Crippen LogP contribution in [0.2, 0.25) is 0 Å². The zero-order chi connectivity index (χ0) is 20.1. The smallest absolute Gasteiger partial charge is 0.238 e. The SMILES string of the molecule is CC(C)(C)c1ccc(C([O-])=C(C(=S)Nc2ccccc2)[n+]2ccccc2)cc1. The van der Waals surface area contributed by atoms with Crippen LogP contribution in [0.1, 0.15) is 31.9 Å². The van der Waals surface area contributed by atoms with Crippen molar-refractivity contribution in [1.29, 1.82) is 0 Å². The molecule has 142 valence electrons. The van der Waals surface area contributed by atoms with Crippen LogP contribution in [-0.2, 0) is 5.41 Å². The lowest BCUT2D eigenvalue weighted by atomic mass is 9.86. The highest BCUT2D eigenvalue weighted by Crippen LogP contribution is 2.24. The predicted octanol–water partition coefficient (Wildman–Crippen LogP) is 4.40. The van der Waals surface area contributed by atoms with Gasteiger partial charge in [-0.3, -0.25) is 0 Å². The fourth-order valence-electron chi connectivity index (χ4n) is 2.86. The Bertz CT molecular complexity index is 973. The van der Waals surface area contributed by atoms with Gasteiger partial charge in [-0.05, 0) is 34.4 Å². The number of pyridine rings is 1. The molecule has 0 aliphatic rings. The molecule has 0 fully saturated rings. The number of para-hydroxylation sites is 1. The maximum absolute atomic E-state index is 13.4. The molecule has 0 radical (unpaired) electrons. The van der Waals surface area contributed by atoms with Gasteiger partial charge >= 0.3 is 0 Å². The van der Waals surface area contributed by atoms with E-state index in [1.165, 1.54) is 5.56 Å². The van der Waals surface area contributed by atoms with E-state index in [0.29, 0.717) is 16.2 Å². The molecule has 3 nitrogen and oxygen atoms in total. The fraction of sp³-hybridized carbons (Fsp3) is 0.167. The van der Waals surface area contributed by atoms with Gasteiger partial charge in [0.2, 0.25) is 5.70 Å². The van der Waals surface area contributed by atoms with Crippen LogP contribution >= 0.6 is 12.2 Å². The number of benzene rings is 2. The molecular formula is C24H24N2OS. The lowest BCUT2D eigenvalue weighted by Crippen LogP contribution is -2.39. The van der Waals surface area contributed by atoms with Crippen molar-refractivity contribution < 1.29 is 9.67 Å². The van der Waals surface area contributed by atoms with Gasteiger partial charge in [-0.25, -0.2) is 0 Å². The molecule has 0 aliphatic heterocycles. The normalized spacial score (nSPS) is 12.2. The Balaban J connectivity index is 2.03. The third-order valence-corrected chi connectivity index (χ3v) is 4.74. The number of nitrogens with one attached hydrogen (secondary N) is 1. The van der Waals surface area contributed by atoms with Crippen LogP contribution in [0.4, 0.5) is 5.69 Å². The van der Waals surface area contributed by atoms with E-state index in [-0.39, 0.29) is 11.2 Å². The lowest BCUT2D eigenvalue weighted by molar-refractivity contribution is -0.577. The van der Waals surface area contributed by atoms with E-state index in [4.69, 9.17) is 12.2 Å². The molecular weight excluding hydrogens is 364 g/mol. The van der Waals surface area contributed by atoms with Crippen molar-refractivity contribution in [3.8, 4) is 0 Å². The second-order valence-corrected chi connectivity index (χ2v) is 8.02. The van der Waals surface area contributed by atoms with E-state index in [2.05, 4.69) is 26.1 Å². The van der Waals surface area contributed by atoms with Crippen molar-refractivity contribution in [2.75, 3.05) is 5.32 Å². The molecule has 0 bridgehead atoms. The van der Waals surface area contributed by atoms with Crippen molar-refractivity contribution in [2.45, 2.75) is 26.2 Å². The number of nitrogens with zero attached hydrogens (tertiary/aromatic N) is 1. The Labute approximate surface area is 172 Å². The molecule has 1 aromatic heterocycles. The van der Waals surface area contributed by atoms with Gasteiger partial charge in [0.15, 0.2) is 17.4 Å². The summed E-state index contributed by atoms with van der Waals surface area (Å²) in [5.74, 6) is -0.120. The molecule has 1 N–H and O–H groups in total. The van der Waals surface area contributed by atoms with Crippen LogP contribution in [-0.4, -0.2) is 4.99 Å². The fourth-order valence-corrected chi connectivity index (χ4v) is 3.17. The van der Waals surface area contributed by atoms with E-state index < -0.39 is 0 Å². The van der Waals surface area contributed by atoms with Gasteiger partial charge in [-0.15, -0.1) is 0 Å². The third kappa shape index (κ3) is 4.65. The quantitative estimate of drug-likeness (QED) is 0.312. The van der Waals surface area contributed by atoms with Crippen molar-refractivity contribution in [1.82, 2.24) is 0 Å². The number of aromatic nitrogens is 1. The van der Waals surface area contributed by atoms with Crippen LogP contribution < -0.4 is 15.0 Å². The minimum absolute atomic E-state index is 0.0342. The van der Waals surface area contributed by atoms with Gasteiger partial charge in [-0.2, -0.15) is 4.57 Å². The summed E-state index contributed by atoms with van der Waals surface area (Å²) in [5.41, 5.74) is 3.09. The van der Waals surface area contributed by atoms with Crippen LogP contribution in [0.3, 0.4) is 0 Å². The first-order valence-corrected chi connectivity index (χ1v) is 9.62. The summed E-state index contributed by atoms with van der Waals surface area (Å²) in [5, 5.41) is 16.5. The first-order chi connectivity index (χ1) is 13.4. The second-order valence-electron chi connectivity index (χ2n) is 7.61. The first-order valence-electron chi connectivity index (χ1n) is 9.21. The highest BCUT2D eigenvalue weighted by Gasteiger charge is 2.19. The molecule has 0 spiro atoms. The first kappa shape index (κ1) is 19.8. The molecule has 0 amide bonds. The Hall–Kier alpha value is -2.98. The zero-order valence-electron chi connectivity index (χ0n) is 16.3. The summed E-state index contributed by atoms with van der Waals surface area (Å²) in [6, 6.07) is 23.0. The maximum Gasteiger partial charge on any atom is 0.238 e. The molecule has 0 saturated carbocycles. The van der Waals surface area contributed by atoms with Gasteiger partial charge in [0.25, 0.3) is 0 Å². The highest BCUT2D eigenvalue weighted by atomic mass is 32.1. The summed E-state index contributed by atoms with van der Waals surface area (Å²) in [6.07, 6.45) is 3.66. The van der Waals surface area contributed by atoms with E-state index in [9.17, 15) is 5.11 Å². The molecule has 28 heavy (non-hydrogen) atoms. The molecule has 0 unspecified atom stereocenters. The van der Waals surface area contributed by atoms with Gasteiger partial charge in [0.1, 0.15) is 0 Å². The number of hydrogen-bond donors (Lipinski definition) is 1. The number of thiocarbonyl (C=S) groups is 1. The van der Waals surface area contributed by atoms with Crippen LogP contribution in [0.15, 0.2) is 85.2 Å². The van der Waals surface area contributed by atoms with Gasteiger partial charge in [0, 0.05) is 17.8 Å². The summed E-state index contributed by atoms with van der Waals surface area (Å²) >= 11 is 5.61. The van der Waals surface area contributed by atoms with Crippen molar-refractivity contribution in [3.63, 3.8) is 0 Å². The predicted molar refractivity (Wildman–Crippen MR) is 118 cm³/mol. The maximum atomic E-state index is 13.4. The van der Waals surface area contributed by atoms with E-state index in [0.717, 1.165) is 5.69 Å². The summed E-state index contributed by atoms with van der Waals surface area (Å²) in [4.78, 5) is 0.382. The Morgan fingerprint density at radius 3 is 2.00 bits per heavy atom. The largest absolute Gasteiger partial charge is 0.867 e. The Kier molecular flexibility index (Phi) is 5.90.